The normalized spacial score (nSPS) is 11.3. The average molecular weight is 291 g/mol. The Morgan fingerprint density at radius 1 is 1.20 bits per heavy atom. The highest BCUT2D eigenvalue weighted by molar-refractivity contribution is 7.93. The van der Waals surface area contributed by atoms with Crippen molar-refractivity contribution in [2.24, 2.45) is 0 Å². The Morgan fingerprint density at radius 3 is 2.40 bits per heavy atom. The number of pyridine rings is 1. The second-order valence-corrected chi connectivity index (χ2v) is 6.25. The first-order chi connectivity index (χ1) is 9.46. The summed E-state index contributed by atoms with van der Waals surface area (Å²) in [6.07, 6.45) is 2.75. The molecule has 0 amide bonds. The number of benzene rings is 1. The van der Waals surface area contributed by atoms with Crippen molar-refractivity contribution >= 4 is 21.4 Å². The van der Waals surface area contributed by atoms with Crippen LogP contribution in [0.2, 0.25) is 0 Å². The van der Waals surface area contributed by atoms with Crippen molar-refractivity contribution < 1.29 is 8.42 Å². The van der Waals surface area contributed by atoms with Crippen molar-refractivity contribution in [1.29, 1.82) is 0 Å². The van der Waals surface area contributed by atoms with Gasteiger partial charge < -0.3 is 5.73 Å². The summed E-state index contributed by atoms with van der Waals surface area (Å²) in [7, 11) is -3.70. The molecule has 2 rings (SSSR count). The molecule has 0 atom stereocenters. The second kappa shape index (κ2) is 5.50. The van der Waals surface area contributed by atoms with Crippen LogP contribution in [0.3, 0.4) is 0 Å². The van der Waals surface area contributed by atoms with Crippen molar-refractivity contribution in [3.05, 3.63) is 48.3 Å². The number of sulfonamides is 1. The van der Waals surface area contributed by atoms with Crippen molar-refractivity contribution in [3.63, 3.8) is 0 Å². The monoisotopic (exact) mass is 291 g/mol. The van der Waals surface area contributed by atoms with Gasteiger partial charge in [0.1, 0.15) is 4.90 Å². The Labute approximate surface area is 119 Å². The molecular formula is C14H17N3O2S. The Balaban J connectivity index is 2.51. The number of nitrogen functional groups attached to an aromatic ring is 1. The van der Waals surface area contributed by atoms with E-state index in [4.69, 9.17) is 5.73 Å². The molecule has 0 saturated heterocycles. The van der Waals surface area contributed by atoms with E-state index < -0.39 is 10.0 Å². The summed E-state index contributed by atoms with van der Waals surface area (Å²) in [6.45, 7) is 4.05. The molecule has 0 saturated carbocycles. The van der Waals surface area contributed by atoms with Gasteiger partial charge in [-0.1, -0.05) is 17.7 Å². The smallest absolute Gasteiger partial charge is 0.267 e. The fourth-order valence-electron chi connectivity index (χ4n) is 1.93. The summed E-state index contributed by atoms with van der Waals surface area (Å²) < 4.78 is 26.7. The van der Waals surface area contributed by atoms with E-state index in [1.165, 1.54) is 22.8 Å². The van der Waals surface area contributed by atoms with Gasteiger partial charge in [-0.2, -0.15) is 0 Å². The third-order valence-corrected chi connectivity index (χ3v) is 4.94. The standard InChI is InChI=1S/C14H17N3O2S/c1-3-17(12-6-4-11(2)5-7-12)20(18,19)14-10-16-9-8-13(14)15/h4-10H,3H2,1-2H3,(H2,15,16). The Hall–Kier alpha value is -2.08. The SMILES string of the molecule is CCN(c1ccc(C)cc1)S(=O)(=O)c1cnccc1N. The fraction of sp³-hybridized carbons (Fsp3) is 0.214. The number of aryl methyl sites for hydroxylation is 1. The minimum atomic E-state index is -3.70. The number of nitrogens with zero attached hydrogens (tertiary/aromatic N) is 2. The molecule has 2 N–H and O–H groups in total. The molecule has 0 bridgehead atoms. The molecule has 1 aromatic heterocycles. The molecular weight excluding hydrogens is 274 g/mol. The van der Waals surface area contributed by atoms with E-state index in [0.29, 0.717) is 12.2 Å². The van der Waals surface area contributed by atoms with Crippen LogP contribution in [0.5, 0.6) is 0 Å². The van der Waals surface area contributed by atoms with Gasteiger partial charge in [-0.3, -0.25) is 9.29 Å². The van der Waals surface area contributed by atoms with Crippen molar-refractivity contribution in [1.82, 2.24) is 4.98 Å². The first-order valence-corrected chi connectivity index (χ1v) is 7.69. The fourth-order valence-corrected chi connectivity index (χ4v) is 3.46. The highest BCUT2D eigenvalue weighted by Crippen LogP contribution is 2.26. The number of nitrogens with two attached hydrogens (primary N) is 1. The predicted molar refractivity (Wildman–Crippen MR) is 80.0 cm³/mol. The molecule has 0 aliphatic heterocycles. The molecule has 0 radical (unpaired) electrons. The van der Waals surface area contributed by atoms with E-state index in [2.05, 4.69) is 4.98 Å². The lowest BCUT2D eigenvalue weighted by Crippen LogP contribution is -2.31. The molecule has 0 aliphatic rings. The number of hydrogen-bond acceptors (Lipinski definition) is 4. The largest absolute Gasteiger partial charge is 0.398 e. The zero-order chi connectivity index (χ0) is 14.8. The van der Waals surface area contributed by atoms with Gasteiger partial charge in [-0.05, 0) is 32.0 Å². The zero-order valence-electron chi connectivity index (χ0n) is 11.4. The molecule has 1 aromatic carbocycles. The van der Waals surface area contributed by atoms with Gasteiger partial charge in [0.15, 0.2) is 0 Å². The molecule has 2 aromatic rings. The molecule has 5 nitrogen and oxygen atoms in total. The van der Waals surface area contributed by atoms with Crippen molar-refractivity contribution in [3.8, 4) is 0 Å². The van der Waals surface area contributed by atoms with E-state index in [1.807, 2.05) is 19.1 Å². The third-order valence-electron chi connectivity index (χ3n) is 2.99. The Bertz CT molecular complexity index is 697. The van der Waals surface area contributed by atoms with Crippen LogP contribution in [0.15, 0.2) is 47.6 Å². The van der Waals surface area contributed by atoms with Gasteiger partial charge in [0, 0.05) is 18.9 Å². The van der Waals surface area contributed by atoms with E-state index in [-0.39, 0.29) is 10.6 Å². The summed E-state index contributed by atoms with van der Waals surface area (Å²) >= 11 is 0. The van der Waals surface area contributed by atoms with Gasteiger partial charge in [0.05, 0.1) is 11.4 Å². The molecule has 106 valence electrons. The third kappa shape index (κ3) is 2.60. The van der Waals surface area contributed by atoms with Crippen LogP contribution in [0.1, 0.15) is 12.5 Å². The Morgan fingerprint density at radius 2 is 1.85 bits per heavy atom. The molecule has 0 aliphatic carbocycles. The number of aromatic nitrogens is 1. The molecule has 0 fully saturated rings. The van der Waals surface area contributed by atoms with Crippen molar-refractivity contribution in [2.75, 3.05) is 16.6 Å². The number of rotatable bonds is 4. The molecule has 20 heavy (non-hydrogen) atoms. The summed E-state index contributed by atoms with van der Waals surface area (Å²) in [4.78, 5) is 3.88. The molecule has 0 spiro atoms. The van der Waals surface area contributed by atoms with Gasteiger partial charge in [-0.15, -0.1) is 0 Å². The highest BCUT2D eigenvalue weighted by atomic mass is 32.2. The average Bonchev–Trinajstić information content (AvgIpc) is 2.42. The minimum absolute atomic E-state index is 0.0300. The summed E-state index contributed by atoms with van der Waals surface area (Å²) in [5.74, 6) is 0. The van der Waals surface area contributed by atoms with Crippen LogP contribution in [0.4, 0.5) is 11.4 Å². The van der Waals surface area contributed by atoms with Crippen LogP contribution in [-0.2, 0) is 10.0 Å². The lowest BCUT2D eigenvalue weighted by Gasteiger charge is -2.23. The second-order valence-electron chi connectivity index (χ2n) is 4.42. The first-order valence-electron chi connectivity index (χ1n) is 6.25. The first kappa shape index (κ1) is 14.3. The summed E-state index contributed by atoms with van der Waals surface area (Å²) in [5.41, 5.74) is 7.64. The predicted octanol–water partition coefficient (Wildman–Crippen LogP) is 2.19. The maximum atomic E-state index is 12.7. The van der Waals surface area contributed by atoms with E-state index in [0.717, 1.165) is 5.56 Å². The maximum Gasteiger partial charge on any atom is 0.267 e. The van der Waals surface area contributed by atoms with Crippen LogP contribution in [0.25, 0.3) is 0 Å². The van der Waals surface area contributed by atoms with Gasteiger partial charge >= 0.3 is 0 Å². The lowest BCUT2D eigenvalue weighted by atomic mass is 10.2. The maximum absolute atomic E-state index is 12.7. The molecule has 1 heterocycles. The van der Waals surface area contributed by atoms with Gasteiger partial charge in [-0.25, -0.2) is 8.42 Å². The van der Waals surface area contributed by atoms with E-state index in [9.17, 15) is 8.42 Å². The highest BCUT2D eigenvalue weighted by Gasteiger charge is 2.25. The topological polar surface area (TPSA) is 76.3 Å². The van der Waals surface area contributed by atoms with E-state index in [1.54, 1.807) is 19.1 Å². The van der Waals surface area contributed by atoms with Gasteiger partial charge in [0.25, 0.3) is 10.0 Å². The summed E-state index contributed by atoms with van der Waals surface area (Å²) in [5, 5.41) is 0. The van der Waals surface area contributed by atoms with Crippen LogP contribution < -0.4 is 10.0 Å². The number of hydrogen-bond donors (Lipinski definition) is 1. The molecule has 0 unspecified atom stereocenters. The minimum Gasteiger partial charge on any atom is -0.398 e. The molecule has 6 heteroatoms. The Kier molecular flexibility index (Phi) is 3.94. The van der Waals surface area contributed by atoms with Gasteiger partial charge in [0.2, 0.25) is 0 Å². The summed E-state index contributed by atoms with van der Waals surface area (Å²) in [6, 6.07) is 8.79. The van der Waals surface area contributed by atoms with Crippen LogP contribution >= 0.6 is 0 Å². The van der Waals surface area contributed by atoms with Crippen LogP contribution in [-0.4, -0.2) is 19.9 Å². The lowest BCUT2D eigenvalue weighted by molar-refractivity contribution is 0.592. The quantitative estimate of drug-likeness (QED) is 0.936. The van der Waals surface area contributed by atoms with E-state index >= 15 is 0 Å². The number of anilines is 2. The van der Waals surface area contributed by atoms with Crippen LogP contribution in [0, 0.1) is 6.92 Å². The zero-order valence-corrected chi connectivity index (χ0v) is 12.3. The van der Waals surface area contributed by atoms with Crippen molar-refractivity contribution in [2.45, 2.75) is 18.7 Å².